The molecule has 0 amide bonds. The van der Waals surface area contributed by atoms with Crippen molar-refractivity contribution in [2.24, 2.45) is 0 Å². The highest BCUT2D eigenvalue weighted by Crippen LogP contribution is 2.32. The third kappa shape index (κ3) is 4.84. The predicted molar refractivity (Wildman–Crippen MR) is 112 cm³/mol. The SMILES string of the molecule is CN(C)CCOC(=O)c1cc2c(OCc3ccccc3)cc(N(C)C)cc2[nH]1. The average molecular weight is 381 g/mol. The molecule has 3 rings (SSSR count). The minimum absolute atomic E-state index is 0.349. The molecular weight excluding hydrogens is 354 g/mol. The van der Waals surface area contributed by atoms with E-state index in [0.29, 0.717) is 25.5 Å². The number of nitrogens with one attached hydrogen (secondary N) is 1. The molecule has 148 valence electrons. The summed E-state index contributed by atoms with van der Waals surface area (Å²) in [6.45, 7) is 1.49. The summed E-state index contributed by atoms with van der Waals surface area (Å²) in [5.41, 5.74) is 3.35. The normalized spacial score (nSPS) is 11.0. The Morgan fingerprint density at radius 1 is 1.04 bits per heavy atom. The number of carbonyl (C=O) groups is 1. The maximum Gasteiger partial charge on any atom is 0.354 e. The molecule has 0 unspecified atom stereocenters. The van der Waals surface area contributed by atoms with Gasteiger partial charge in [0, 0.05) is 37.8 Å². The molecule has 1 heterocycles. The van der Waals surface area contributed by atoms with Crippen molar-refractivity contribution in [3.63, 3.8) is 0 Å². The number of fused-ring (bicyclic) bond motifs is 1. The van der Waals surface area contributed by atoms with Crippen LogP contribution in [0.3, 0.4) is 0 Å². The lowest BCUT2D eigenvalue weighted by Crippen LogP contribution is -2.20. The van der Waals surface area contributed by atoms with Crippen molar-refractivity contribution in [3.05, 3.63) is 59.8 Å². The van der Waals surface area contributed by atoms with Gasteiger partial charge in [-0.1, -0.05) is 30.3 Å². The van der Waals surface area contributed by atoms with E-state index in [-0.39, 0.29) is 5.97 Å². The van der Waals surface area contributed by atoms with Gasteiger partial charge in [0.1, 0.15) is 24.7 Å². The number of rotatable bonds is 8. The summed E-state index contributed by atoms with van der Waals surface area (Å²) in [4.78, 5) is 19.5. The molecule has 0 saturated heterocycles. The summed E-state index contributed by atoms with van der Waals surface area (Å²) in [5.74, 6) is 0.368. The van der Waals surface area contributed by atoms with Crippen LogP contribution in [0.2, 0.25) is 0 Å². The van der Waals surface area contributed by atoms with Crippen LogP contribution in [0.5, 0.6) is 5.75 Å². The zero-order valence-corrected chi connectivity index (χ0v) is 16.9. The fraction of sp³-hybridized carbons (Fsp3) is 0.318. The van der Waals surface area contributed by atoms with Crippen molar-refractivity contribution in [3.8, 4) is 5.75 Å². The molecule has 6 heteroatoms. The second-order valence-corrected chi connectivity index (χ2v) is 7.20. The zero-order valence-electron chi connectivity index (χ0n) is 16.9. The Kier molecular flexibility index (Phi) is 6.21. The monoisotopic (exact) mass is 381 g/mol. The van der Waals surface area contributed by atoms with Crippen LogP contribution >= 0.6 is 0 Å². The van der Waals surface area contributed by atoms with Crippen LogP contribution in [0.15, 0.2) is 48.5 Å². The van der Waals surface area contributed by atoms with E-state index in [0.717, 1.165) is 27.9 Å². The minimum Gasteiger partial charge on any atom is -0.488 e. The number of H-pyrrole nitrogens is 1. The van der Waals surface area contributed by atoms with Gasteiger partial charge < -0.3 is 24.3 Å². The van der Waals surface area contributed by atoms with E-state index in [4.69, 9.17) is 9.47 Å². The number of anilines is 1. The van der Waals surface area contributed by atoms with Crippen LogP contribution < -0.4 is 9.64 Å². The predicted octanol–water partition coefficient (Wildman–Crippen LogP) is 3.53. The number of benzene rings is 2. The van der Waals surface area contributed by atoms with Crippen molar-refractivity contribution >= 4 is 22.6 Å². The first kappa shape index (κ1) is 19.8. The van der Waals surface area contributed by atoms with Crippen molar-refractivity contribution in [2.75, 3.05) is 46.2 Å². The number of aromatic amines is 1. The van der Waals surface area contributed by atoms with E-state index in [1.807, 2.05) is 80.5 Å². The van der Waals surface area contributed by atoms with Crippen molar-refractivity contribution < 1.29 is 14.3 Å². The average Bonchev–Trinajstić information content (AvgIpc) is 3.11. The highest BCUT2D eigenvalue weighted by molar-refractivity contribution is 5.98. The molecule has 0 spiro atoms. The molecule has 1 aromatic heterocycles. The summed E-state index contributed by atoms with van der Waals surface area (Å²) in [7, 11) is 7.83. The van der Waals surface area contributed by atoms with E-state index in [1.54, 1.807) is 6.07 Å². The smallest absolute Gasteiger partial charge is 0.354 e. The van der Waals surface area contributed by atoms with Gasteiger partial charge in [0.15, 0.2) is 0 Å². The molecule has 28 heavy (non-hydrogen) atoms. The van der Waals surface area contributed by atoms with Crippen LogP contribution in [0.4, 0.5) is 5.69 Å². The van der Waals surface area contributed by atoms with Crippen LogP contribution in [0.1, 0.15) is 16.1 Å². The number of ether oxygens (including phenoxy) is 2. The fourth-order valence-electron chi connectivity index (χ4n) is 2.81. The van der Waals surface area contributed by atoms with Crippen molar-refractivity contribution in [1.82, 2.24) is 9.88 Å². The standard InChI is InChI=1S/C22H27N3O3/c1-24(2)10-11-27-22(26)20-14-18-19(23-20)12-17(25(3)4)13-21(18)28-15-16-8-6-5-7-9-16/h5-9,12-14,23H,10-11,15H2,1-4H3. The maximum atomic E-state index is 12.4. The van der Waals surface area contributed by atoms with Gasteiger partial charge in [0.2, 0.25) is 0 Å². The van der Waals surface area contributed by atoms with Gasteiger partial charge in [-0.3, -0.25) is 0 Å². The Balaban J connectivity index is 1.86. The van der Waals surface area contributed by atoms with Crippen LogP contribution in [-0.4, -0.2) is 57.2 Å². The van der Waals surface area contributed by atoms with Crippen LogP contribution in [-0.2, 0) is 11.3 Å². The maximum absolute atomic E-state index is 12.4. The van der Waals surface area contributed by atoms with Gasteiger partial charge in [0.05, 0.1) is 5.52 Å². The molecule has 0 aliphatic carbocycles. The quantitative estimate of drug-likeness (QED) is 0.605. The summed E-state index contributed by atoms with van der Waals surface area (Å²) < 4.78 is 11.4. The molecule has 1 N–H and O–H groups in total. The summed E-state index contributed by atoms with van der Waals surface area (Å²) in [6.07, 6.45) is 0. The van der Waals surface area contributed by atoms with E-state index in [2.05, 4.69) is 4.98 Å². The first-order valence-electron chi connectivity index (χ1n) is 9.26. The Morgan fingerprint density at radius 3 is 2.46 bits per heavy atom. The largest absolute Gasteiger partial charge is 0.488 e. The molecular formula is C22H27N3O3. The van der Waals surface area contributed by atoms with E-state index in [9.17, 15) is 4.79 Å². The first-order valence-corrected chi connectivity index (χ1v) is 9.26. The Morgan fingerprint density at radius 2 is 1.79 bits per heavy atom. The molecule has 0 bridgehead atoms. The molecule has 2 aromatic carbocycles. The van der Waals surface area contributed by atoms with E-state index < -0.39 is 0 Å². The number of nitrogens with zero attached hydrogens (tertiary/aromatic N) is 2. The molecule has 3 aromatic rings. The lowest BCUT2D eigenvalue weighted by molar-refractivity contribution is 0.0476. The molecule has 0 radical (unpaired) electrons. The van der Waals surface area contributed by atoms with Crippen LogP contribution in [0.25, 0.3) is 10.9 Å². The van der Waals surface area contributed by atoms with Gasteiger partial charge in [-0.2, -0.15) is 0 Å². The number of carbonyl (C=O) groups excluding carboxylic acids is 1. The topological polar surface area (TPSA) is 57.8 Å². The summed E-state index contributed by atoms with van der Waals surface area (Å²) in [5, 5.41) is 0.862. The van der Waals surface area contributed by atoms with E-state index in [1.165, 1.54) is 0 Å². The Labute approximate surface area is 165 Å². The Bertz CT molecular complexity index is 933. The molecule has 6 nitrogen and oxygen atoms in total. The lowest BCUT2D eigenvalue weighted by Gasteiger charge is -2.15. The fourth-order valence-corrected chi connectivity index (χ4v) is 2.81. The number of aromatic nitrogens is 1. The number of hydrogen-bond donors (Lipinski definition) is 1. The Hall–Kier alpha value is -2.99. The highest BCUT2D eigenvalue weighted by atomic mass is 16.5. The summed E-state index contributed by atoms with van der Waals surface area (Å²) in [6, 6.07) is 15.8. The van der Waals surface area contributed by atoms with Crippen LogP contribution in [0, 0.1) is 0 Å². The van der Waals surface area contributed by atoms with E-state index >= 15 is 0 Å². The molecule has 0 fully saturated rings. The molecule has 0 aliphatic rings. The second-order valence-electron chi connectivity index (χ2n) is 7.20. The van der Waals surface area contributed by atoms with Gasteiger partial charge in [-0.25, -0.2) is 4.79 Å². The third-order valence-electron chi connectivity index (χ3n) is 4.43. The number of hydrogen-bond acceptors (Lipinski definition) is 5. The van der Waals surface area contributed by atoms with Gasteiger partial charge in [-0.15, -0.1) is 0 Å². The van der Waals surface area contributed by atoms with Gasteiger partial charge in [-0.05, 0) is 31.8 Å². The minimum atomic E-state index is -0.363. The van der Waals surface area contributed by atoms with Gasteiger partial charge >= 0.3 is 5.97 Å². The molecule has 0 atom stereocenters. The molecule has 0 aliphatic heterocycles. The van der Waals surface area contributed by atoms with Crippen molar-refractivity contribution in [2.45, 2.75) is 6.61 Å². The third-order valence-corrected chi connectivity index (χ3v) is 4.43. The first-order chi connectivity index (χ1) is 13.4. The highest BCUT2D eigenvalue weighted by Gasteiger charge is 2.15. The van der Waals surface area contributed by atoms with Gasteiger partial charge in [0.25, 0.3) is 0 Å². The lowest BCUT2D eigenvalue weighted by atomic mass is 10.2. The van der Waals surface area contributed by atoms with Crippen molar-refractivity contribution in [1.29, 1.82) is 0 Å². The number of esters is 1. The molecule has 0 saturated carbocycles. The zero-order chi connectivity index (χ0) is 20.1. The number of likely N-dealkylation sites (N-methyl/N-ethyl adjacent to an activating group) is 1. The second kappa shape index (κ2) is 8.80. The summed E-state index contributed by atoms with van der Waals surface area (Å²) >= 11 is 0.